The van der Waals surface area contributed by atoms with Crippen molar-refractivity contribution in [3.63, 3.8) is 0 Å². The molecule has 0 radical (unpaired) electrons. The highest BCUT2D eigenvalue weighted by Crippen LogP contribution is 2.29. The van der Waals surface area contributed by atoms with Crippen LogP contribution >= 0.6 is 0 Å². The molecule has 0 aliphatic heterocycles. The first-order chi connectivity index (χ1) is 11.4. The van der Waals surface area contributed by atoms with Crippen molar-refractivity contribution in [2.45, 2.75) is 46.1 Å². The highest BCUT2D eigenvalue weighted by Gasteiger charge is 2.18. The number of amides is 1. The summed E-state index contributed by atoms with van der Waals surface area (Å²) in [6.07, 6.45) is 0.416. The fraction of sp³-hybridized carbons (Fsp3) is 0.350. The molecule has 24 heavy (non-hydrogen) atoms. The van der Waals surface area contributed by atoms with Gasteiger partial charge < -0.3 is 15.8 Å². The van der Waals surface area contributed by atoms with E-state index >= 15 is 0 Å². The van der Waals surface area contributed by atoms with Crippen LogP contribution in [0.25, 0.3) is 0 Å². The number of hydrogen-bond acceptors (Lipinski definition) is 3. The topological polar surface area (TPSA) is 64.3 Å². The number of para-hydroxylation sites is 1. The number of ether oxygens (including phenoxy) is 1. The Kier molecular flexibility index (Phi) is 5.85. The molecule has 1 amide bonds. The van der Waals surface area contributed by atoms with E-state index in [9.17, 15) is 4.79 Å². The first-order valence-corrected chi connectivity index (χ1v) is 8.35. The third-order valence-corrected chi connectivity index (χ3v) is 4.37. The SMILES string of the molecule is CCC(C)c1ccccc1OC(C)C(=O)Nc1cccc(N)c1C. The number of rotatable bonds is 6. The molecule has 0 aliphatic carbocycles. The maximum absolute atomic E-state index is 12.5. The van der Waals surface area contributed by atoms with Crippen molar-refractivity contribution in [3.8, 4) is 5.75 Å². The molecule has 2 aromatic rings. The van der Waals surface area contributed by atoms with Gasteiger partial charge in [-0.25, -0.2) is 0 Å². The molecule has 3 N–H and O–H groups in total. The Bertz CT molecular complexity index is 713. The molecule has 2 rings (SSSR count). The van der Waals surface area contributed by atoms with Crippen molar-refractivity contribution in [2.24, 2.45) is 0 Å². The summed E-state index contributed by atoms with van der Waals surface area (Å²) in [4.78, 5) is 12.5. The van der Waals surface area contributed by atoms with Crippen molar-refractivity contribution in [2.75, 3.05) is 11.1 Å². The van der Waals surface area contributed by atoms with Crippen LogP contribution in [0.1, 0.15) is 44.2 Å². The van der Waals surface area contributed by atoms with Gasteiger partial charge in [0.15, 0.2) is 6.10 Å². The van der Waals surface area contributed by atoms with E-state index in [1.165, 1.54) is 0 Å². The highest BCUT2D eigenvalue weighted by molar-refractivity contribution is 5.95. The van der Waals surface area contributed by atoms with Crippen molar-refractivity contribution in [1.82, 2.24) is 0 Å². The molecule has 2 aromatic carbocycles. The third kappa shape index (κ3) is 4.07. The molecule has 4 nitrogen and oxygen atoms in total. The van der Waals surface area contributed by atoms with E-state index in [4.69, 9.17) is 10.5 Å². The maximum atomic E-state index is 12.5. The van der Waals surface area contributed by atoms with Crippen molar-refractivity contribution >= 4 is 17.3 Å². The average Bonchev–Trinajstić information content (AvgIpc) is 2.58. The average molecular weight is 326 g/mol. The van der Waals surface area contributed by atoms with Crippen LogP contribution in [-0.2, 0) is 4.79 Å². The maximum Gasteiger partial charge on any atom is 0.265 e. The lowest BCUT2D eigenvalue weighted by Gasteiger charge is -2.20. The molecule has 128 valence electrons. The summed E-state index contributed by atoms with van der Waals surface area (Å²) in [6.45, 7) is 7.93. The highest BCUT2D eigenvalue weighted by atomic mass is 16.5. The Morgan fingerprint density at radius 3 is 2.58 bits per heavy atom. The molecule has 2 unspecified atom stereocenters. The molecule has 0 fully saturated rings. The smallest absolute Gasteiger partial charge is 0.265 e. The van der Waals surface area contributed by atoms with Gasteiger partial charge in [-0.05, 0) is 55.5 Å². The van der Waals surface area contributed by atoms with Crippen molar-refractivity contribution < 1.29 is 9.53 Å². The summed E-state index contributed by atoms with van der Waals surface area (Å²) in [5.74, 6) is 0.953. The quantitative estimate of drug-likeness (QED) is 0.768. The lowest BCUT2D eigenvalue weighted by Crippen LogP contribution is -2.30. The standard InChI is InChI=1S/C20H26N2O2/c1-5-13(2)16-9-6-7-12-19(16)24-15(4)20(23)22-18-11-8-10-17(21)14(18)3/h6-13,15H,5,21H2,1-4H3,(H,22,23). The second kappa shape index (κ2) is 7.86. The Balaban J connectivity index is 2.11. The second-order valence-corrected chi connectivity index (χ2v) is 6.12. The molecule has 0 saturated carbocycles. The fourth-order valence-electron chi connectivity index (χ4n) is 2.48. The number of nitrogens with two attached hydrogens (primary N) is 1. The molecular formula is C20H26N2O2. The third-order valence-electron chi connectivity index (χ3n) is 4.37. The number of nitrogens with one attached hydrogen (secondary N) is 1. The van der Waals surface area contributed by atoms with E-state index in [-0.39, 0.29) is 5.91 Å². The molecule has 2 atom stereocenters. The predicted octanol–water partition coefficient (Wildman–Crippen LogP) is 4.50. The van der Waals surface area contributed by atoms with Gasteiger partial charge in [0.25, 0.3) is 5.91 Å². The monoisotopic (exact) mass is 326 g/mol. The van der Waals surface area contributed by atoms with Crippen molar-refractivity contribution in [3.05, 3.63) is 53.6 Å². The molecule has 0 bridgehead atoms. The van der Waals surface area contributed by atoms with E-state index in [1.807, 2.05) is 43.3 Å². The van der Waals surface area contributed by atoms with Gasteiger partial charge in [0.2, 0.25) is 0 Å². The summed E-state index contributed by atoms with van der Waals surface area (Å²) in [6, 6.07) is 13.4. The minimum atomic E-state index is -0.601. The minimum absolute atomic E-state index is 0.192. The van der Waals surface area contributed by atoms with E-state index in [0.717, 1.165) is 23.3 Å². The normalized spacial score (nSPS) is 13.2. The van der Waals surface area contributed by atoms with Gasteiger partial charge in [0, 0.05) is 11.4 Å². The van der Waals surface area contributed by atoms with E-state index in [0.29, 0.717) is 17.3 Å². The van der Waals surface area contributed by atoms with Crippen LogP contribution in [0, 0.1) is 6.92 Å². The Hall–Kier alpha value is -2.49. The van der Waals surface area contributed by atoms with Gasteiger partial charge in [0.1, 0.15) is 5.75 Å². The summed E-state index contributed by atoms with van der Waals surface area (Å²) in [5.41, 5.74) is 9.24. The number of carbonyl (C=O) groups excluding carboxylic acids is 1. The summed E-state index contributed by atoms with van der Waals surface area (Å²) in [7, 11) is 0. The number of carbonyl (C=O) groups is 1. The first kappa shape index (κ1) is 17.9. The largest absolute Gasteiger partial charge is 0.481 e. The van der Waals surface area contributed by atoms with Gasteiger partial charge in [-0.1, -0.05) is 38.1 Å². The van der Waals surface area contributed by atoms with Crippen LogP contribution in [0.4, 0.5) is 11.4 Å². The van der Waals surface area contributed by atoms with Crippen LogP contribution in [0.3, 0.4) is 0 Å². The van der Waals surface area contributed by atoms with Gasteiger partial charge in [-0.3, -0.25) is 4.79 Å². The lowest BCUT2D eigenvalue weighted by atomic mass is 9.98. The van der Waals surface area contributed by atoms with Gasteiger partial charge in [0.05, 0.1) is 0 Å². The number of nitrogen functional groups attached to an aromatic ring is 1. The van der Waals surface area contributed by atoms with Gasteiger partial charge >= 0.3 is 0 Å². The summed E-state index contributed by atoms with van der Waals surface area (Å²) < 4.78 is 5.93. The van der Waals surface area contributed by atoms with E-state index < -0.39 is 6.10 Å². The molecule has 0 saturated heterocycles. The van der Waals surface area contributed by atoms with E-state index in [2.05, 4.69) is 25.2 Å². The lowest BCUT2D eigenvalue weighted by molar-refractivity contribution is -0.122. The van der Waals surface area contributed by atoms with Gasteiger partial charge in [-0.15, -0.1) is 0 Å². The van der Waals surface area contributed by atoms with Crippen molar-refractivity contribution in [1.29, 1.82) is 0 Å². The molecule has 0 heterocycles. The van der Waals surface area contributed by atoms with Gasteiger partial charge in [-0.2, -0.15) is 0 Å². The Morgan fingerprint density at radius 1 is 1.17 bits per heavy atom. The molecular weight excluding hydrogens is 300 g/mol. The number of hydrogen-bond donors (Lipinski definition) is 2. The number of benzene rings is 2. The minimum Gasteiger partial charge on any atom is -0.481 e. The number of anilines is 2. The molecule has 0 aromatic heterocycles. The first-order valence-electron chi connectivity index (χ1n) is 8.35. The van der Waals surface area contributed by atoms with E-state index in [1.54, 1.807) is 6.92 Å². The van der Waals surface area contributed by atoms with Crippen LogP contribution in [0.15, 0.2) is 42.5 Å². The molecule has 0 aliphatic rings. The fourth-order valence-corrected chi connectivity index (χ4v) is 2.48. The predicted molar refractivity (Wildman–Crippen MR) is 99.5 cm³/mol. The second-order valence-electron chi connectivity index (χ2n) is 6.12. The summed E-state index contributed by atoms with van der Waals surface area (Å²) >= 11 is 0. The zero-order valence-electron chi connectivity index (χ0n) is 14.8. The zero-order chi connectivity index (χ0) is 17.7. The van der Waals surface area contributed by atoms with Crippen LogP contribution in [-0.4, -0.2) is 12.0 Å². The zero-order valence-corrected chi connectivity index (χ0v) is 14.8. The molecule has 4 heteroatoms. The Morgan fingerprint density at radius 2 is 1.88 bits per heavy atom. The van der Waals surface area contributed by atoms with Crippen LogP contribution < -0.4 is 15.8 Å². The summed E-state index contributed by atoms with van der Waals surface area (Å²) in [5, 5.41) is 2.89. The molecule has 0 spiro atoms. The van der Waals surface area contributed by atoms with Crippen LogP contribution in [0.2, 0.25) is 0 Å². The Labute approximate surface area is 144 Å². The van der Waals surface area contributed by atoms with Crippen LogP contribution in [0.5, 0.6) is 5.75 Å².